The van der Waals surface area contributed by atoms with Crippen molar-refractivity contribution in [3.63, 3.8) is 0 Å². The number of ketones is 1. The van der Waals surface area contributed by atoms with E-state index in [4.69, 9.17) is 0 Å². The summed E-state index contributed by atoms with van der Waals surface area (Å²) in [5, 5.41) is 11.2. The summed E-state index contributed by atoms with van der Waals surface area (Å²) in [5.74, 6) is 2.45. The molecule has 2 heteroatoms. The third-order valence-corrected chi connectivity index (χ3v) is 7.21. The van der Waals surface area contributed by atoms with E-state index < -0.39 is 5.60 Å². The summed E-state index contributed by atoms with van der Waals surface area (Å²) in [7, 11) is 0. The van der Waals surface area contributed by atoms with Gasteiger partial charge in [0.25, 0.3) is 0 Å². The fourth-order valence-corrected chi connectivity index (χ4v) is 6.15. The first-order valence-electron chi connectivity index (χ1n) is 9.09. The lowest BCUT2D eigenvalue weighted by Gasteiger charge is -2.62. The summed E-state index contributed by atoms with van der Waals surface area (Å²) in [5.41, 5.74) is 0.612. The molecular weight excluding hydrogens is 272 g/mol. The molecule has 0 aliphatic heterocycles. The highest BCUT2D eigenvalue weighted by atomic mass is 16.3. The Morgan fingerprint density at radius 3 is 2.55 bits per heavy atom. The lowest BCUT2D eigenvalue weighted by Crippen LogP contribution is -2.64. The minimum Gasteiger partial charge on any atom is -0.390 e. The number of hydrogen-bond acceptors (Lipinski definition) is 2. The van der Waals surface area contributed by atoms with Crippen LogP contribution in [0.25, 0.3) is 0 Å². The van der Waals surface area contributed by atoms with Crippen molar-refractivity contribution in [2.45, 2.75) is 72.3 Å². The Morgan fingerprint density at radius 1 is 1.23 bits per heavy atom. The average molecular weight is 304 g/mol. The Morgan fingerprint density at radius 2 is 1.91 bits per heavy atom. The molecule has 0 spiro atoms. The summed E-state index contributed by atoms with van der Waals surface area (Å²) >= 11 is 0. The lowest BCUT2D eigenvalue weighted by molar-refractivity contribution is -0.202. The molecule has 2 saturated carbocycles. The van der Waals surface area contributed by atoms with Crippen molar-refractivity contribution in [3.05, 3.63) is 11.6 Å². The second kappa shape index (κ2) is 5.19. The van der Waals surface area contributed by atoms with Crippen molar-refractivity contribution in [3.8, 4) is 0 Å². The third-order valence-electron chi connectivity index (χ3n) is 7.21. The molecule has 2 fully saturated rings. The molecule has 0 heterocycles. The van der Waals surface area contributed by atoms with Gasteiger partial charge in [0.15, 0.2) is 0 Å². The van der Waals surface area contributed by atoms with Crippen LogP contribution in [0.1, 0.15) is 66.7 Å². The zero-order valence-corrected chi connectivity index (χ0v) is 14.9. The topological polar surface area (TPSA) is 37.3 Å². The van der Waals surface area contributed by atoms with Crippen molar-refractivity contribution < 1.29 is 9.90 Å². The normalized spacial score (nSPS) is 51.0. The molecule has 0 saturated heterocycles. The standard InChI is InChI=1S/C20H32O2/c1-12(2)14-8-10-19(4)16(14)18-17(19)15(21)11-13(3)7-6-9-20(18,5)22/h7,12,14,16-18,22H,6,8-11H2,1-5H3/b13-7+/t14?,16-,17+,18?,19-,20?/m0/s1. The second-order valence-corrected chi connectivity index (χ2v) is 9.07. The van der Waals surface area contributed by atoms with Crippen LogP contribution in [0.2, 0.25) is 0 Å². The maximum atomic E-state index is 13.0. The zero-order chi connectivity index (χ0) is 16.3. The van der Waals surface area contributed by atoms with Crippen molar-refractivity contribution in [2.75, 3.05) is 0 Å². The first kappa shape index (κ1) is 16.2. The Balaban J connectivity index is 2.00. The summed E-state index contributed by atoms with van der Waals surface area (Å²) in [6.45, 7) is 11.0. The smallest absolute Gasteiger partial charge is 0.140 e. The molecule has 1 N–H and O–H groups in total. The Bertz CT molecular complexity index is 502. The molecule has 0 radical (unpaired) electrons. The van der Waals surface area contributed by atoms with E-state index in [2.05, 4.69) is 33.8 Å². The van der Waals surface area contributed by atoms with Crippen LogP contribution in [0.3, 0.4) is 0 Å². The van der Waals surface area contributed by atoms with Gasteiger partial charge in [0, 0.05) is 18.3 Å². The van der Waals surface area contributed by atoms with Gasteiger partial charge in [0.1, 0.15) is 5.78 Å². The maximum Gasteiger partial charge on any atom is 0.140 e. The van der Waals surface area contributed by atoms with E-state index in [1.54, 1.807) is 0 Å². The number of Topliss-reactive ketones (excluding diaryl/α,β-unsaturated/α-hetero) is 1. The van der Waals surface area contributed by atoms with E-state index in [0.717, 1.165) is 19.3 Å². The zero-order valence-electron chi connectivity index (χ0n) is 14.9. The molecular formula is C20H32O2. The Hall–Kier alpha value is -0.630. The van der Waals surface area contributed by atoms with Gasteiger partial charge in [-0.05, 0) is 62.7 Å². The number of carbonyl (C=O) groups is 1. The van der Waals surface area contributed by atoms with E-state index in [1.807, 2.05) is 6.92 Å². The van der Waals surface area contributed by atoms with Crippen LogP contribution in [0.5, 0.6) is 0 Å². The summed E-state index contributed by atoms with van der Waals surface area (Å²) in [4.78, 5) is 13.0. The molecule has 2 nitrogen and oxygen atoms in total. The molecule has 0 bridgehead atoms. The van der Waals surface area contributed by atoms with Gasteiger partial charge in [-0.2, -0.15) is 0 Å². The molecule has 3 rings (SSSR count). The molecule has 22 heavy (non-hydrogen) atoms. The van der Waals surface area contributed by atoms with Gasteiger partial charge in [0.2, 0.25) is 0 Å². The molecule has 0 aromatic rings. The number of fused-ring (bicyclic) bond motifs is 4. The van der Waals surface area contributed by atoms with Gasteiger partial charge in [-0.3, -0.25) is 4.79 Å². The molecule has 6 atom stereocenters. The monoisotopic (exact) mass is 304 g/mol. The van der Waals surface area contributed by atoms with Crippen molar-refractivity contribution in [1.82, 2.24) is 0 Å². The van der Waals surface area contributed by atoms with Crippen LogP contribution in [0.4, 0.5) is 0 Å². The first-order valence-corrected chi connectivity index (χ1v) is 9.09. The summed E-state index contributed by atoms with van der Waals surface area (Å²) < 4.78 is 0. The summed E-state index contributed by atoms with van der Waals surface area (Å²) in [6.07, 6.45) is 6.82. The van der Waals surface area contributed by atoms with Crippen molar-refractivity contribution >= 4 is 5.78 Å². The number of hydrogen-bond donors (Lipinski definition) is 1. The van der Waals surface area contributed by atoms with Gasteiger partial charge in [0.05, 0.1) is 5.60 Å². The predicted molar refractivity (Wildman–Crippen MR) is 89.4 cm³/mol. The lowest BCUT2D eigenvalue weighted by atomic mass is 9.42. The van der Waals surface area contributed by atoms with Gasteiger partial charge in [-0.1, -0.05) is 32.4 Å². The Labute approximate surface area is 135 Å². The highest BCUT2D eigenvalue weighted by Crippen LogP contribution is 2.70. The molecule has 3 unspecified atom stereocenters. The van der Waals surface area contributed by atoms with Gasteiger partial charge in [-0.15, -0.1) is 0 Å². The third kappa shape index (κ3) is 2.21. The van der Waals surface area contributed by atoms with Crippen LogP contribution in [-0.4, -0.2) is 16.5 Å². The molecule has 0 aromatic heterocycles. The summed E-state index contributed by atoms with van der Waals surface area (Å²) in [6, 6.07) is 0. The van der Waals surface area contributed by atoms with Crippen LogP contribution in [0.15, 0.2) is 11.6 Å². The maximum absolute atomic E-state index is 13.0. The van der Waals surface area contributed by atoms with E-state index in [1.165, 1.54) is 12.0 Å². The number of aliphatic hydroxyl groups is 1. The van der Waals surface area contributed by atoms with E-state index in [-0.39, 0.29) is 17.3 Å². The van der Waals surface area contributed by atoms with Crippen molar-refractivity contribution in [1.29, 1.82) is 0 Å². The second-order valence-electron chi connectivity index (χ2n) is 9.07. The highest BCUT2D eigenvalue weighted by molar-refractivity contribution is 5.85. The van der Waals surface area contributed by atoms with Crippen LogP contribution in [-0.2, 0) is 4.79 Å². The molecule has 0 aromatic carbocycles. The van der Waals surface area contributed by atoms with Crippen LogP contribution in [0, 0.1) is 35.0 Å². The SMILES string of the molecule is C/C1=C\CCC(C)(O)C2[C@@H]3C(C(C)C)CC[C@]3(C)[C@@H]2C(=O)C1. The van der Waals surface area contributed by atoms with Crippen molar-refractivity contribution in [2.24, 2.45) is 35.0 Å². The largest absolute Gasteiger partial charge is 0.390 e. The van der Waals surface area contributed by atoms with E-state index >= 15 is 0 Å². The minimum absolute atomic E-state index is 0.0673. The molecule has 124 valence electrons. The predicted octanol–water partition coefficient (Wildman–Crippen LogP) is 4.37. The molecule has 0 amide bonds. The Kier molecular flexibility index (Phi) is 3.83. The highest BCUT2D eigenvalue weighted by Gasteiger charge is 2.69. The number of carbonyl (C=O) groups excluding carboxylic acids is 1. The van der Waals surface area contributed by atoms with Gasteiger partial charge in [-0.25, -0.2) is 0 Å². The average Bonchev–Trinajstić information content (AvgIpc) is 2.65. The van der Waals surface area contributed by atoms with E-state index in [0.29, 0.717) is 30.0 Å². The molecule has 3 aliphatic carbocycles. The quantitative estimate of drug-likeness (QED) is 0.730. The van der Waals surface area contributed by atoms with E-state index in [9.17, 15) is 9.90 Å². The van der Waals surface area contributed by atoms with Gasteiger partial charge < -0.3 is 5.11 Å². The molecule has 3 aliphatic rings. The first-order chi connectivity index (χ1) is 10.2. The van der Waals surface area contributed by atoms with Gasteiger partial charge >= 0.3 is 0 Å². The van der Waals surface area contributed by atoms with Crippen LogP contribution < -0.4 is 0 Å². The fraction of sp³-hybridized carbons (Fsp3) is 0.850. The minimum atomic E-state index is -0.705. The van der Waals surface area contributed by atoms with Crippen LogP contribution >= 0.6 is 0 Å². The fourth-order valence-electron chi connectivity index (χ4n) is 6.15. The number of rotatable bonds is 1. The number of allylic oxidation sites excluding steroid dienone is 2.